The molecule has 9 heteroatoms. The van der Waals surface area contributed by atoms with Crippen LogP contribution in [0, 0.1) is 0 Å². The fourth-order valence-electron chi connectivity index (χ4n) is 10.5. The number of nitrogens with zero attached hydrogens (tertiary/aromatic N) is 1. The predicted molar refractivity (Wildman–Crippen MR) is 341 cm³/mol. The lowest BCUT2D eigenvalue weighted by molar-refractivity contribution is -0.870. The van der Waals surface area contributed by atoms with E-state index in [1.165, 1.54) is 283 Å². The van der Waals surface area contributed by atoms with Gasteiger partial charge in [0.25, 0.3) is 0 Å². The first-order chi connectivity index (χ1) is 38.0. The zero-order valence-corrected chi connectivity index (χ0v) is 53.8. The summed E-state index contributed by atoms with van der Waals surface area (Å²) >= 11 is 0. The molecule has 0 spiro atoms. The molecule has 0 aromatic heterocycles. The third-order valence-corrected chi connectivity index (χ3v) is 16.8. The zero-order valence-electron chi connectivity index (χ0n) is 52.9. The summed E-state index contributed by atoms with van der Waals surface area (Å²) in [5, 5.41) is 13.9. The van der Waals surface area contributed by atoms with Crippen LogP contribution in [0.4, 0.5) is 0 Å². The van der Waals surface area contributed by atoms with Gasteiger partial charge >= 0.3 is 7.82 Å². The minimum atomic E-state index is -4.36. The van der Waals surface area contributed by atoms with Gasteiger partial charge in [-0.2, -0.15) is 0 Å². The van der Waals surface area contributed by atoms with Crippen LogP contribution in [0.1, 0.15) is 348 Å². The minimum absolute atomic E-state index is 0.0551. The first kappa shape index (κ1) is 76.7. The summed E-state index contributed by atoms with van der Waals surface area (Å²) < 4.78 is 23.7. The molecule has 0 aliphatic carbocycles. The highest BCUT2D eigenvalue weighted by molar-refractivity contribution is 7.47. The Bertz CT molecular complexity index is 1360. The number of amides is 1. The molecule has 3 unspecified atom stereocenters. The van der Waals surface area contributed by atoms with Gasteiger partial charge in [-0.05, 0) is 44.9 Å². The molecule has 0 heterocycles. The number of carbonyl (C=O) groups excluding carboxylic acids is 1. The van der Waals surface area contributed by atoms with Gasteiger partial charge in [0.05, 0.1) is 39.9 Å². The number of nitrogens with one attached hydrogen (secondary N) is 1. The van der Waals surface area contributed by atoms with Crippen molar-refractivity contribution in [2.75, 3.05) is 40.9 Å². The smallest absolute Gasteiger partial charge is 0.387 e. The van der Waals surface area contributed by atoms with Gasteiger partial charge in [-0.25, -0.2) is 4.57 Å². The van der Waals surface area contributed by atoms with E-state index >= 15 is 0 Å². The van der Waals surface area contributed by atoms with Gasteiger partial charge in [-0.1, -0.05) is 333 Å². The van der Waals surface area contributed by atoms with Crippen molar-refractivity contribution in [3.63, 3.8) is 0 Å². The van der Waals surface area contributed by atoms with Gasteiger partial charge in [-0.3, -0.25) is 13.8 Å². The highest BCUT2D eigenvalue weighted by Gasteiger charge is 2.28. The van der Waals surface area contributed by atoms with E-state index in [0.29, 0.717) is 17.4 Å². The second kappa shape index (κ2) is 60.3. The van der Waals surface area contributed by atoms with E-state index in [9.17, 15) is 19.4 Å². The van der Waals surface area contributed by atoms with Crippen LogP contribution in [0.15, 0.2) is 36.5 Å². The van der Waals surface area contributed by atoms with Crippen molar-refractivity contribution >= 4 is 13.7 Å². The molecule has 0 aliphatic rings. The van der Waals surface area contributed by atoms with Crippen molar-refractivity contribution in [3.05, 3.63) is 36.5 Å². The van der Waals surface area contributed by atoms with Crippen molar-refractivity contribution in [3.8, 4) is 0 Å². The number of hydrogen-bond acceptors (Lipinski definition) is 5. The average molecular weight is 1120 g/mol. The molecular weight excluding hydrogens is 984 g/mol. The summed E-state index contributed by atoms with van der Waals surface area (Å²) in [7, 11) is 1.56. The molecule has 78 heavy (non-hydrogen) atoms. The molecule has 0 saturated carbocycles. The highest BCUT2D eigenvalue weighted by atomic mass is 31.2. The normalized spacial score (nSPS) is 13.9. The van der Waals surface area contributed by atoms with Crippen molar-refractivity contribution < 1.29 is 32.9 Å². The van der Waals surface area contributed by atoms with Crippen LogP contribution in [0.5, 0.6) is 0 Å². The molecule has 462 valence electrons. The maximum Gasteiger partial charge on any atom is 0.472 e. The topological polar surface area (TPSA) is 105 Å². The summed E-state index contributed by atoms with van der Waals surface area (Å²) in [5.41, 5.74) is 0. The van der Waals surface area contributed by atoms with Crippen LogP contribution in [-0.4, -0.2) is 73.4 Å². The third kappa shape index (κ3) is 62.3. The number of unbranched alkanes of at least 4 members (excludes halogenated alkanes) is 47. The number of phosphoric ester groups is 1. The van der Waals surface area contributed by atoms with Crippen LogP contribution < -0.4 is 5.32 Å². The van der Waals surface area contributed by atoms with E-state index in [4.69, 9.17) is 9.05 Å². The second-order valence-electron chi connectivity index (χ2n) is 24.9. The fourth-order valence-corrected chi connectivity index (χ4v) is 11.2. The van der Waals surface area contributed by atoms with E-state index in [2.05, 4.69) is 43.5 Å². The Labute approximate surface area is 487 Å². The number of aliphatic hydroxyl groups excluding tert-OH is 1. The monoisotopic (exact) mass is 1120 g/mol. The van der Waals surface area contributed by atoms with Crippen LogP contribution >= 0.6 is 7.82 Å². The van der Waals surface area contributed by atoms with Crippen molar-refractivity contribution in [2.45, 2.75) is 360 Å². The van der Waals surface area contributed by atoms with Gasteiger partial charge in [0.15, 0.2) is 0 Å². The molecule has 8 nitrogen and oxygen atoms in total. The first-order valence-electron chi connectivity index (χ1n) is 34.4. The molecule has 0 saturated heterocycles. The minimum Gasteiger partial charge on any atom is -0.387 e. The van der Waals surface area contributed by atoms with Crippen molar-refractivity contribution in [1.29, 1.82) is 0 Å². The quantitative estimate of drug-likeness (QED) is 0.0243. The molecule has 0 aromatic carbocycles. The third-order valence-electron chi connectivity index (χ3n) is 15.8. The molecule has 3 atom stereocenters. The summed E-state index contributed by atoms with van der Waals surface area (Å²) in [6, 6.07) is -0.868. The lowest BCUT2D eigenvalue weighted by atomic mass is 10.0. The Kier molecular flexibility index (Phi) is 59.3. The van der Waals surface area contributed by atoms with Gasteiger partial charge in [-0.15, -0.1) is 0 Å². The summed E-state index contributed by atoms with van der Waals surface area (Å²) in [4.78, 5) is 23.3. The molecule has 3 N–H and O–H groups in total. The van der Waals surface area contributed by atoms with Crippen molar-refractivity contribution in [1.82, 2.24) is 5.32 Å². The van der Waals surface area contributed by atoms with E-state index < -0.39 is 20.0 Å². The average Bonchev–Trinajstić information content (AvgIpc) is 3.41. The predicted octanol–water partition coefficient (Wildman–Crippen LogP) is 21.7. The molecule has 0 bridgehead atoms. The SMILES string of the molecule is CCCCCCCC/C=C/CC/C=C/CC/C=C/C(O)C(COP(=O)(O)OCC[N+](C)(C)C)NC(=O)CCCCCCCCCCCCCCCCCCCCCCCCCCCCCCCCCCCCCCCCCC. The Morgan fingerprint density at radius 3 is 1.03 bits per heavy atom. The maximum atomic E-state index is 13.0. The highest BCUT2D eigenvalue weighted by Crippen LogP contribution is 2.43. The molecule has 0 aromatic rings. The molecule has 1 amide bonds. The van der Waals surface area contributed by atoms with Gasteiger partial charge < -0.3 is 19.8 Å². The number of carbonyl (C=O) groups is 1. The summed E-state index contributed by atoms with van der Waals surface area (Å²) in [6.07, 6.45) is 80.4. The summed E-state index contributed by atoms with van der Waals surface area (Å²) in [6.45, 7) is 4.82. The van der Waals surface area contributed by atoms with E-state index in [1.54, 1.807) is 6.08 Å². The number of aliphatic hydroxyl groups is 1. The van der Waals surface area contributed by atoms with Crippen LogP contribution in [-0.2, 0) is 18.4 Å². The van der Waals surface area contributed by atoms with Crippen LogP contribution in [0.25, 0.3) is 0 Å². The zero-order chi connectivity index (χ0) is 57.0. The van der Waals surface area contributed by atoms with Crippen molar-refractivity contribution in [2.24, 2.45) is 0 Å². The molecule has 0 fully saturated rings. The largest absolute Gasteiger partial charge is 0.472 e. The van der Waals surface area contributed by atoms with E-state index in [-0.39, 0.29) is 19.1 Å². The second-order valence-corrected chi connectivity index (χ2v) is 26.4. The molecule has 0 aliphatic heterocycles. The Morgan fingerprint density at radius 2 is 0.705 bits per heavy atom. The molecular formula is C69H136N2O6P+. The Balaban J connectivity index is 3.88. The van der Waals surface area contributed by atoms with Crippen LogP contribution in [0.3, 0.4) is 0 Å². The van der Waals surface area contributed by atoms with E-state index in [1.807, 2.05) is 27.2 Å². The van der Waals surface area contributed by atoms with Gasteiger partial charge in [0.1, 0.15) is 13.2 Å². The Hall–Kier alpha value is -1.28. The number of rotatable bonds is 64. The molecule has 0 rings (SSSR count). The number of allylic oxidation sites excluding steroid dienone is 5. The lowest BCUT2D eigenvalue weighted by Gasteiger charge is -2.25. The number of quaternary nitrogens is 1. The first-order valence-corrected chi connectivity index (χ1v) is 35.9. The summed E-state index contributed by atoms with van der Waals surface area (Å²) in [5.74, 6) is -0.185. The fraction of sp³-hybridized carbons (Fsp3) is 0.899. The maximum absolute atomic E-state index is 13.0. The number of likely N-dealkylation sites (N-methyl/N-ethyl adjacent to an activating group) is 1. The van der Waals surface area contributed by atoms with E-state index in [0.717, 1.165) is 44.9 Å². The number of phosphoric acid groups is 1. The van der Waals surface area contributed by atoms with Crippen LogP contribution in [0.2, 0.25) is 0 Å². The Morgan fingerprint density at radius 1 is 0.423 bits per heavy atom. The van der Waals surface area contributed by atoms with Gasteiger partial charge in [0.2, 0.25) is 5.91 Å². The lowest BCUT2D eigenvalue weighted by Crippen LogP contribution is -2.45. The number of hydrogen-bond donors (Lipinski definition) is 3. The van der Waals surface area contributed by atoms with Gasteiger partial charge in [0, 0.05) is 6.42 Å². The standard InChI is InChI=1S/C69H135N2O6P/c1-6-8-10-12-14-16-18-20-22-24-25-26-27-28-29-30-31-32-33-34-35-36-37-38-39-40-41-42-43-44-45-46-47-49-51-53-55-57-59-61-63-69(73)70-67(66-77-78(74,75)76-65-64-71(3,4)5)68(72)62-60-58-56-54-52-50-48-23-21-19-17-15-13-11-9-7-2/h21,23,52,54,60,62,67-68,72H,6-20,22,24-51,53,55-59,61,63-66H2,1-5H3,(H-,70,73,74,75)/p+1/b23-21+,54-52+,62-60+. The molecule has 0 radical (unpaired) electrons.